The summed E-state index contributed by atoms with van der Waals surface area (Å²) in [4.78, 5) is 16.0. The van der Waals surface area contributed by atoms with Crippen molar-refractivity contribution in [3.05, 3.63) is 0 Å². The minimum atomic E-state index is -1.05. The van der Waals surface area contributed by atoms with Crippen LogP contribution in [0.3, 0.4) is 0 Å². The number of carboxylic acids is 1. The Bertz CT molecular complexity index is 298. The molecular formula is C14H29N3O2. The Hall–Kier alpha value is -0.650. The van der Waals surface area contributed by atoms with Crippen LogP contribution in [-0.2, 0) is 4.79 Å². The zero-order valence-corrected chi connectivity index (χ0v) is 12.6. The average Bonchev–Trinajstić information content (AvgIpc) is 2.50. The van der Waals surface area contributed by atoms with Gasteiger partial charge in [-0.05, 0) is 59.3 Å². The summed E-state index contributed by atoms with van der Waals surface area (Å²) >= 11 is 0. The van der Waals surface area contributed by atoms with E-state index in [4.69, 9.17) is 10.8 Å². The van der Waals surface area contributed by atoms with Crippen LogP contribution in [0.2, 0.25) is 0 Å². The maximum Gasteiger partial charge on any atom is 0.323 e. The smallest absolute Gasteiger partial charge is 0.323 e. The summed E-state index contributed by atoms with van der Waals surface area (Å²) in [6.07, 6.45) is 3.07. The molecule has 2 unspecified atom stereocenters. The summed E-state index contributed by atoms with van der Waals surface area (Å²) in [6.45, 7) is 8.36. The van der Waals surface area contributed by atoms with Crippen LogP contribution < -0.4 is 5.73 Å². The molecule has 0 saturated carbocycles. The lowest BCUT2D eigenvalue weighted by Crippen LogP contribution is -2.48. The van der Waals surface area contributed by atoms with Gasteiger partial charge in [0.2, 0.25) is 0 Å². The Morgan fingerprint density at radius 1 is 1.47 bits per heavy atom. The maximum atomic E-state index is 11.2. The van der Waals surface area contributed by atoms with Crippen molar-refractivity contribution in [2.45, 2.75) is 51.1 Å². The van der Waals surface area contributed by atoms with Gasteiger partial charge in [0.05, 0.1) is 0 Å². The molecule has 1 rings (SSSR count). The van der Waals surface area contributed by atoms with E-state index in [1.54, 1.807) is 0 Å². The Balaban J connectivity index is 2.41. The second-order valence-corrected chi connectivity index (χ2v) is 5.92. The number of aliphatic carboxylic acids is 1. The summed E-state index contributed by atoms with van der Waals surface area (Å²) in [5.41, 5.74) is 4.87. The zero-order chi connectivity index (χ0) is 14.5. The van der Waals surface area contributed by atoms with Gasteiger partial charge < -0.3 is 15.7 Å². The normalized spacial score (nSPS) is 25.8. The van der Waals surface area contributed by atoms with Gasteiger partial charge in [-0.1, -0.05) is 6.92 Å². The van der Waals surface area contributed by atoms with E-state index in [1.165, 1.54) is 6.42 Å². The number of nitrogens with zero attached hydrogens (tertiary/aromatic N) is 2. The van der Waals surface area contributed by atoms with Gasteiger partial charge in [-0.25, -0.2) is 0 Å². The van der Waals surface area contributed by atoms with Crippen LogP contribution in [0.4, 0.5) is 0 Å². The first kappa shape index (κ1) is 16.4. The second-order valence-electron chi connectivity index (χ2n) is 5.92. The third kappa shape index (κ3) is 4.75. The fraction of sp³-hybridized carbons (Fsp3) is 0.929. The van der Waals surface area contributed by atoms with Gasteiger partial charge in [0.1, 0.15) is 5.54 Å². The topological polar surface area (TPSA) is 69.8 Å². The molecule has 0 aromatic carbocycles. The first-order valence-corrected chi connectivity index (χ1v) is 7.34. The van der Waals surface area contributed by atoms with E-state index in [2.05, 4.69) is 23.8 Å². The Morgan fingerprint density at radius 3 is 2.74 bits per heavy atom. The average molecular weight is 271 g/mol. The third-order valence-corrected chi connectivity index (χ3v) is 4.31. The van der Waals surface area contributed by atoms with Crippen molar-refractivity contribution in [3.8, 4) is 0 Å². The maximum absolute atomic E-state index is 11.2. The van der Waals surface area contributed by atoms with Crippen molar-refractivity contribution in [3.63, 3.8) is 0 Å². The lowest BCUT2D eigenvalue weighted by molar-refractivity contribution is -0.143. The number of rotatable bonds is 6. The largest absolute Gasteiger partial charge is 0.480 e. The Labute approximate surface area is 116 Å². The SMILES string of the molecule is CCC(N)(CCCN1CCCN(C)CC1C)C(=O)O. The van der Waals surface area contributed by atoms with Gasteiger partial charge >= 0.3 is 5.97 Å². The van der Waals surface area contributed by atoms with E-state index < -0.39 is 11.5 Å². The van der Waals surface area contributed by atoms with E-state index in [0.717, 1.165) is 32.6 Å². The molecule has 0 spiro atoms. The van der Waals surface area contributed by atoms with E-state index in [0.29, 0.717) is 18.9 Å². The van der Waals surface area contributed by atoms with Crippen molar-refractivity contribution in [2.24, 2.45) is 5.73 Å². The van der Waals surface area contributed by atoms with E-state index in [9.17, 15) is 4.79 Å². The zero-order valence-electron chi connectivity index (χ0n) is 12.6. The predicted octanol–water partition coefficient (Wildman–Crippen LogP) is 0.985. The molecule has 5 heteroatoms. The molecule has 0 aromatic rings. The van der Waals surface area contributed by atoms with Crippen molar-refractivity contribution in [2.75, 3.05) is 33.2 Å². The summed E-state index contributed by atoms with van der Waals surface area (Å²) < 4.78 is 0. The number of hydrogen-bond acceptors (Lipinski definition) is 4. The van der Waals surface area contributed by atoms with Crippen molar-refractivity contribution in [1.29, 1.82) is 0 Å². The van der Waals surface area contributed by atoms with Crippen LogP contribution in [-0.4, -0.2) is 65.7 Å². The summed E-state index contributed by atoms with van der Waals surface area (Å²) in [6, 6.07) is 0.533. The number of nitrogens with two attached hydrogens (primary N) is 1. The van der Waals surface area contributed by atoms with Crippen molar-refractivity contribution < 1.29 is 9.90 Å². The molecule has 1 aliphatic heterocycles. The summed E-state index contributed by atoms with van der Waals surface area (Å²) in [5.74, 6) is -0.876. The molecule has 1 fully saturated rings. The first-order valence-electron chi connectivity index (χ1n) is 7.34. The Morgan fingerprint density at radius 2 is 2.16 bits per heavy atom. The van der Waals surface area contributed by atoms with Gasteiger partial charge in [-0.2, -0.15) is 0 Å². The fourth-order valence-electron chi connectivity index (χ4n) is 2.79. The van der Waals surface area contributed by atoms with E-state index in [-0.39, 0.29) is 0 Å². The predicted molar refractivity (Wildman–Crippen MR) is 77.2 cm³/mol. The molecule has 0 bridgehead atoms. The molecule has 19 heavy (non-hydrogen) atoms. The second kappa shape index (κ2) is 7.22. The third-order valence-electron chi connectivity index (χ3n) is 4.31. The molecule has 1 heterocycles. The quantitative estimate of drug-likeness (QED) is 0.754. The van der Waals surface area contributed by atoms with Crippen molar-refractivity contribution in [1.82, 2.24) is 9.80 Å². The number of hydrogen-bond donors (Lipinski definition) is 2. The Kier molecular flexibility index (Phi) is 6.23. The number of carbonyl (C=O) groups is 1. The van der Waals surface area contributed by atoms with Crippen LogP contribution in [0.15, 0.2) is 0 Å². The van der Waals surface area contributed by atoms with Gasteiger partial charge in [0, 0.05) is 12.6 Å². The molecule has 2 atom stereocenters. The fourth-order valence-corrected chi connectivity index (χ4v) is 2.79. The molecule has 3 N–H and O–H groups in total. The van der Waals surface area contributed by atoms with Gasteiger partial charge in [0.25, 0.3) is 0 Å². The van der Waals surface area contributed by atoms with E-state index >= 15 is 0 Å². The monoisotopic (exact) mass is 271 g/mol. The molecule has 0 amide bonds. The van der Waals surface area contributed by atoms with Crippen LogP contribution in [0.1, 0.15) is 39.5 Å². The number of carboxylic acid groups (broad SMARTS) is 1. The van der Waals surface area contributed by atoms with Crippen LogP contribution in [0, 0.1) is 0 Å². The summed E-state index contributed by atoms with van der Waals surface area (Å²) in [7, 11) is 2.16. The molecular weight excluding hydrogens is 242 g/mol. The summed E-state index contributed by atoms with van der Waals surface area (Å²) in [5, 5.41) is 9.16. The van der Waals surface area contributed by atoms with Crippen LogP contribution in [0.5, 0.6) is 0 Å². The molecule has 5 nitrogen and oxygen atoms in total. The highest BCUT2D eigenvalue weighted by Crippen LogP contribution is 2.16. The van der Waals surface area contributed by atoms with Gasteiger partial charge in [0.15, 0.2) is 0 Å². The molecule has 112 valence electrons. The lowest BCUT2D eigenvalue weighted by atomic mass is 9.91. The molecule has 0 radical (unpaired) electrons. The lowest BCUT2D eigenvalue weighted by Gasteiger charge is -2.29. The first-order chi connectivity index (χ1) is 8.89. The van der Waals surface area contributed by atoms with Crippen LogP contribution in [0.25, 0.3) is 0 Å². The minimum Gasteiger partial charge on any atom is -0.480 e. The number of likely N-dealkylation sites (N-methyl/N-ethyl adjacent to an activating group) is 1. The molecule has 0 aromatic heterocycles. The molecule has 1 saturated heterocycles. The molecule has 0 aliphatic carbocycles. The van der Waals surface area contributed by atoms with Crippen LogP contribution >= 0.6 is 0 Å². The van der Waals surface area contributed by atoms with Gasteiger partial charge in [-0.3, -0.25) is 9.69 Å². The van der Waals surface area contributed by atoms with E-state index in [1.807, 2.05) is 6.92 Å². The van der Waals surface area contributed by atoms with Gasteiger partial charge in [-0.15, -0.1) is 0 Å². The minimum absolute atomic E-state index is 0.487. The highest BCUT2D eigenvalue weighted by Gasteiger charge is 2.31. The molecule has 1 aliphatic rings. The highest BCUT2D eigenvalue weighted by atomic mass is 16.4. The van der Waals surface area contributed by atoms with Crippen molar-refractivity contribution >= 4 is 5.97 Å². The standard InChI is InChI=1S/C14H29N3O2/c1-4-14(15,13(18)19)7-5-9-17-10-6-8-16(3)11-12(17)2/h12H,4-11,15H2,1-3H3,(H,18,19). The highest BCUT2D eigenvalue weighted by molar-refractivity contribution is 5.78.